The smallest absolute Gasteiger partial charge is 0.124 e. The van der Waals surface area contributed by atoms with Crippen molar-refractivity contribution in [3.63, 3.8) is 0 Å². The molecule has 88 valence electrons. The van der Waals surface area contributed by atoms with Crippen LogP contribution in [0.4, 0.5) is 10.1 Å². The molecule has 2 rings (SSSR count). The molecule has 17 heavy (non-hydrogen) atoms. The van der Waals surface area contributed by atoms with Gasteiger partial charge in [0.15, 0.2) is 0 Å². The predicted octanol–water partition coefficient (Wildman–Crippen LogP) is 4.12. The highest BCUT2D eigenvalue weighted by molar-refractivity contribution is 6.31. The molecule has 0 atom stereocenters. The molecule has 0 aliphatic heterocycles. The number of anilines is 1. The van der Waals surface area contributed by atoms with Crippen LogP contribution < -0.4 is 4.90 Å². The summed E-state index contributed by atoms with van der Waals surface area (Å²) in [5.74, 6) is -0.305. The third-order valence-electron chi connectivity index (χ3n) is 2.62. The van der Waals surface area contributed by atoms with Gasteiger partial charge in [-0.1, -0.05) is 35.9 Å². The summed E-state index contributed by atoms with van der Waals surface area (Å²) in [6.45, 7) is 0.656. The van der Waals surface area contributed by atoms with Gasteiger partial charge in [-0.05, 0) is 29.8 Å². The van der Waals surface area contributed by atoms with Crippen LogP contribution in [-0.4, -0.2) is 7.05 Å². The van der Waals surface area contributed by atoms with E-state index in [0.717, 1.165) is 11.3 Å². The van der Waals surface area contributed by atoms with E-state index in [-0.39, 0.29) is 5.82 Å². The Balaban J connectivity index is 2.16. The molecule has 0 radical (unpaired) electrons. The van der Waals surface area contributed by atoms with E-state index in [2.05, 4.69) is 4.90 Å². The number of benzene rings is 2. The summed E-state index contributed by atoms with van der Waals surface area (Å²) < 4.78 is 12.9. The predicted molar refractivity (Wildman–Crippen MR) is 70.0 cm³/mol. The topological polar surface area (TPSA) is 3.24 Å². The van der Waals surface area contributed by atoms with Gasteiger partial charge in [0.25, 0.3) is 0 Å². The van der Waals surface area contributed by atoms with Gasteiger partial charge in [0.2, 0.25) is 0 Å². The Labute approximate surface area is 105 Å². The Kier molecular flexibility index (Phi) is 3.64. The van der Waals surface area contributed by atoms with Gasteiger partial charge in [0.1, 0.15) is 5.82 Å². The van der Waals surface area contributed by atoms with Gasteiger partial charge in [-0.15, -0.1) is 0 Å². The first-order valence-electron chi connectivity index (χ1n) is 5.37. The third-order valence-corrected chi connectivity index (χ3v) is 2.97. The minimum Gasteiger partial charge on any atom is -0.370 e. The molecule has 0 bridgehead atoms. The molecule has 0 fully saturated rings. The zero-order valence-electron chi connectivity index (χ0n) is 9.53. The molecule has 2 aromatic carbocycles. The van der Waals surface area contributed by atoms with Gasteiger partial charge < -0.3 is 4.90 Å². The van der Waals surface area contributed by atoms with Gasteiger partial charge in [-0.2, -0.15) is 0 Å². The van der Waals surface area contributed by atoms with E-state index in [1.54, 1.807) is 6.07 Å². The average molecular weight is 250 g/mol. The largest absolute Gasteiger partial charge is 0.370 e. The molecule has 1 nitrogen and oxygen atoms in total. The molecule has 3 heteroatoms. The van der Waals surface area contributed by atoms with Crippen LogP contribution in [-0.2, 0) is 6.54 Å². The van der Waals surface area contributed by atoms with Crippen LogP contribution in [0, 0.1) is 5.82 Å². The summed E-state index contributed by atoms with van der Waals surface area (Å²) in [5, 5.41) is 0.466. The Bertz CT molecular complexity index is 499. The fourth-order valence-corrected chi connectivity index (χ4v) is 1.91. The van der Waals surface area contributed by atoms with Crippen molar-refractivity contribution in [3.8, 4) is 0 Å². The molecule has 0 saturated heterocycles. The maximum absolute atomic E-state index is 12.9. The lowest BCUT2D eigenvalue weighted by Crippen LogP contribution is -2.16. The monoisotopic (exact) mass is 249 g/mol. The van der Waals surface area contributed by atoms with Crippen molar-refractivity contribution in [2.24, 2.45) is 0 Å². The highest BCUT2D eigenvalue weighted by Crippen LogP contribution is 2.21. The van der Waals surface area contributed by atoms with Crippen LogP contribution in [0.25, 0.3) is 0 Å². The van der Waals surface area contributed by atoms with Gasteiger partial charge in [0, 0.05) is 24.3 Å². The summed E-state index contributed by atoms with van der Waals surface area (Å²) in [6.07, 6.45) is 0. The maximum atomic E-state index is 12.9. The molecule has 0 amide bonds. The molecular formula is C14H13ClFN. The number of halogens is 2. The minimum absolute atomic E-state index is 0.305. The van der Waals surface area contributed by atoms with E-state index in [1.165, 1.54) is 12.1 Å². The molecule has 0 spiro atoms. The summed E-state index contributed by atoms with van der Waals surface area (Å²) in [4.78, 5) is 2.07. The van der Waals surface area contributed by atoms with E-state index in [1.807, 2.05) is 37.4 Å². The molecule has 0 aliphatic carbocycles. The van der Waals surface area contributed by atoms with Crippen molar-refractivity contribution in [2.45, 2.75) is 6.54 Å². The third kappa shape index (κ3) is 2.98. The second-order valence-corrected chi connectivity index (χ2v) is 4.33. The molecule has 0 aromatic heterocycles. The Morgan fingerprint density at radius 3 is 2.47 bits per heavy atom. The number of hydrogen-bond donors (Lipinski definition) is 0. The van der Waals surface area contributed by atoms with Crippen molar-refractivity contribution in [1.29, 1.82) is 0 Å². The molecular weight excluding hydrogens is 237 g/mol. The summed E-state index contributed by atoms with van der Waals surface area (Å²) in [7, 11) is 1.98. The first-order valence-corrected chi connectivity index (χ1v) is 5.75. The molecule has 2 aromatic rings. The molecule has 0 heterocycles. The highest BCUT2D eigenvalue weighted by atomic mass is 35.5. The van der Waals surface area contributed by atoms with E-state index in [4.69, 9.17) is 11.6 Å². The maximum Gasteiger partial charge on any atom is 0.124 e. The summed E-state index contributed by atoms with van der Waals surface area (Å²) >= 11 is 5.99. The summed E-state index contributed by atoms with van der Waals surface area (Å²) in [5.41, 5.74) is 2.02. The van der Waals surface area contributed by atoms with Gasteiger partial charge in [-0.3, -0.25) is 0 Å². The molecule has 0 saturated carbocycles. The second-order valence-electron chi connectivity index (χ2n) is 3.93. The second kappa shape index (κ2) is 5.19. The standard InChI is InChI=1S/C14H13ClFN/c1-17(13-5-3-2-4-6-13)10-11-7-8-12(16)9-14(11)15/h2-9H,10H2,1H3. The lowest BCUT2D eigenvalue weighted by Gasteiger charge is -2.19. The zero-order chi connectivity index (χ0) is 12.3. The van der Waals surface area contributed by atoms with E-state index in [9.17, 15) is 4.39 Å². The first kappa shape index (κ1) is 11.9. The normalized spacial score (nSPS) is 10.3. The van der Waals surface area contributed by atoms with Crippen molar-refractivity contribution in [1.82, 2.24) is 0 Å². The van der Waals surface area contributed by atoms with Gasteiger partial charge >= 0.3 is 0 Å². The number of hydrogen-bond acceptors (Lipinski definition) is 1. The minimum atomic E-state index is -0.305. The Hall–Kier alpha value is -1.54. The summed E-state index contributed by atoms with van der Waals surface area (Å²) in [6, 6.07) is 14.5. The van der Waals surface area contributed by atoms with Crippen molar-refractivity contribution < 1.29 is 4.39 Å². The fraction of sp³-hybridized carbons (Fsp3) is 0.143. The molecule has 0 unspecified atom stereocenters. The van der Waals surface area contributed by atoms with Crippen molar-refractivity contribution in [3.05, 3.63) is 64.9 Å². The average Bonchev–Trinajstić information content (AvgIpc) is 2.34. The van der Waals surface area contributed by atoms with Crippen LogP contribution in [0.5, 0.6) is 0 Å². The lowest BCUT2D eigenvalue weighted by molar-refractivity contribution is 0.627. The number of para-hydroxylation sites is 1. The fourth-order valence-electron chi connectivity index (χ4n) is 1.68. The lowest BCUT2D eigenvalue weighted by atomic mass is 10.2. The molecule has 0 aliphatic rings. The quantitative estimate of drug-likeness (QED) is 0.791. The van der Waals surface area contributed by atoms with E-state index < -0.39 is 0 Å². The molecule has 0 N–H and O–H groups in total. The van der Waals surface area contributed by atoms with Gasteiger partial charge in [-0.25, -0.2) is 4.39 Å². The highest BCUT2D eigenvalue weighted by Gasteiger charge is 2.06. The van der Waals surface area contributed by atoms with Crippen LogP contribution in [0.1, 0.15) is 5.56 Å². The van der Waals surface area contributed by atoms with Crippen LogP contribution in [0.2, 0.25) is 5.02 Å². The number of nitrogens with zero attached hydrogens (tertiary/aromatic N) is 1. The Morgan fingerprint density at radius 1 is 1.12 bits per heavy atom. The van der Waals surface area contributed by atoms with Crippen LogP contribution >= 0.6 is 11.6 Å². The first-order chi connectivity index (χ1) is 8.16. The van der Waals surface area contributed by atoms with Crippen LogP contribution in [0.3, 0.4) is 0 Å². The van der Waals surface area contributed by atoms with Crippen molar-refractivity contribution in [2.75, 3.05) is 11.9 Å². The van der Waals surface area contributed by atoms with E-state index in [0.29, 0.717) is 11.6 Å². The van der Waals surface area contributed by atoms with E-state index >= 15 is 0 Å². The SMILES string of the molecule is CN(Cc1ccc(F)cc1Cl)c1ccccc1. The zero-order valence-corrected chi connectivity index (χ0v) is 10.3. The van der Waals surface area contributed by atoms with Crippen molar-refractivity contribution >= 4 is 17.3 Å². The Morgan fingerprint density at radius 2 is 1.82 bits per heavy atom. The van der Waals surface area contributed by atoms with Gasteiger partial charge in [0.05, 0.1) is 0 Å². The van der Waals surface area contributed by atoms with Crippen LogP contribution in [0.15, 0.2) is 48.5 Å². The number of rotatable bonds is 3.